The Bertz CT molecular complexity index is 615. The number of benzene rings is 1. The second-order valence-electron chi connectivity index (χ2n) is 4.65. The first-order chi connectivity index (χ1) is 10.6. The number of nitrogens with one attached hydrogen (secondary N) is 1. The lowest BCUT2D eigenvalue weighted by atomic mass is 10.2. The molecule has 0 spiro atoms. The number of anilines is 1. The van der Waals surface area contributed by atoms with Gasteiger partial charge in [0.15, 0.2) is 0 Å². The maximum Gasteiger partial charge on any atom is 0.337 e. The minimum absolute atomic E-state index is 0.136. The summed E-state index contributed by atoms with van der Waals surface area (Å²) in [5.74, 6) is -0.860. The Labute approximate surface area is 133 Å². The van der Waals surface area contributed by atoms with Gasteiger partial charge in [0, 0.05) is 17.1 Å². The molecule has 0 radical (unpaired) electrons. The van der Waals surface area contributed by atoms with E-state index in [1.54, 1.807) is 11.8 Å². The molecular weight excluding hydrogens is 304 g/mol. The van der Waals surface area contributed by atoms with Crippen molar-refractivity contribution in [1.82, 2.24) is 4.90 Å². The molecule has 1 aromatic rings. The largest absolute Gasteiger partial charge is 0.466 e. The number of rotatable bonds is 6. The first kappa shape index (κ1) is 16.4. The van der Waals surface area contributed by atoms with Crippen molar-refractivity contribution in [3.63, 3.8) is 0 Å². The minimum atomic E-state index is -0.544. The van der Waals surface area contributed by atoms with Crippen LogP contribution in [0.1, 0.15) is 0 Å². The molecule has 1 heterocycles. The smallest absolute Gasteiger partial charge is 0.337 e. The molecule has 0 unspecified atom stereocenters. The predicted molar refractivity (Wildman–Crippen MR) is 84.6 cm³/mol. The molecule has 0 fully saturated rings. The standard InChI is InChI=1S/C15H18N2O4S/c1-21-15(20)12-9-17(6-7-18)14(19)13(12)16-10-4-3-5-11(8-10)22-2/h3-5,8,16,18H,6-7,9H2,1-2H3. The molecule has 22 heavy (non-hydrogen) atoms. The van der Waals surface area contributed by atoms with Gasteiger partial charge in [0.05, 0.1) is 25.8 Å². The van der Waals surface area contributed by atoms with E-state index in [9.17, 15) is 9.59 Å². The Morgan fingerprint density at radius 2 is 2.27 bits per heavy atom. The Balaban J connectivity index is 2.30. The van der Waals surface area contributed by atoms with E-state index in [2.05, 4.69) is 5.32 Å². The molecule has 0 bridgehead atoms. The molecule has 6 nitrogen and oxygen atoms in total. The van der Waals surface area contributed by atoms with Gasteiger partial charge in [0.25, 0.3) is 5.91 Å². The topological polar surface area (TPSA) is 78.9 Å². The average Bonchev–Trinajstić information content (AvgIpc) is 2.84. The molecule has 0 aromatic heterocycles. The molecule has 2 rings (SSSR count). The van der Waals surface area contributed by atoms with Crippen LogP contribution in [-0.2, 0) is 14.3 Å². The maximum atomic E-state index is 12.4. The number of β-amino-alcohol motifs (C(OH)–C–C–N with tert-alkyl or cyclic N) is 1. The number of amides is 1. The van der Waals surface area contributed by atoms with Gasteiger partial charge in [-0.1, -0.05) is 6.07 Å². The summed E-state index contributed by atoms with van der Waals surface area (Å²) in [6.07, 6.45) is 1.96. The van der Waals surface area contributed by atoms with Crippen LogP contribution in [0.25, 0.3) is 0 Å². The minimum Gasteiger partial charge on any atom is -0.466 e. The van der Waals surface area contributed by atoms with Crippen LogP contribution in [0.2, 0.25) is 0 Å². The van der Waals surface area contributed by atoms with E-state index in [1.807, 2.05) is 30.5 Å². The Morgan fingerprint density at radius 3 is 2.91 bits per heavy atom. The van der Waals surface area contributed by atoms with E-state index in [0.29, 0.717) is 0 Å². The van der Waals surface area contributed by atoms with Gasteiger partial charge in [-0.3, -0.25) is 4.79 Å². The number of hydrogen-bond acceptors (Lipinski definition) is 6. The first-order valence-electron chi connectivity index (χ1n) is 6.73. The van der Waals surface area contributed by atoms with Crippen molar-refractivity contribution < 1.29 is 19.4 Å². The van der Waals surface area contributed by atoms with Crippen molar-refractivity contribution in [2.24, 2.45) is 0 Å². The highest BCUT2D eigenvalue weighted by atomic mass is 32.2. The van der Waals surface area contributed by atoms with Crippen molar-refractivity contribution in [3.8, 4) is 0 Å². The summed E-state index contributed by atoms with van der Waals surface area (Å²) in [6.45, 7) is 0.154. The number of aliphatic hydroxyl groups is 1. The lowest BCUT2D eigenvalue weighted by Crippen LogP contribution is -2.31. The van der Waals surface area contributed by atoms with Gasteiger partial charge in [-0.25, -0.2) is 4.79 Å². The molecule has 1 aliphatic heterocycles. The van der Waals surface area contributed by atoms with Gasteiger partial charge in [-0.15, -0.1) is 11.8 Å². The fourth-order valence-electron chi connectivity index (χ4n) is 2.19. The number of esters is 1. The molecule has 0 saturated carbocycles. The molecule has 2 N–H and O–H groups in total. The summed E-state index contributed by atoms with van der Waals surface area (Å²) in [7, 11) is 1.28. The van der Waals surface area contributed by atoms with Crippen molar-refractivity contribution in [1.29, 1.82) is 0 Å². The third-order valence-corrected chi connectivity index (χ3v) is 4.02. The molecule has 1 amide bonds. The van der Waals surface area contributed by atoms with Crippen LogP contribution in [0.3, 0.4) is 0 Å². The number of aliphatic hydroxyl groups excluding tert-OH is 1. The third-order valence-electron chi connectivity index (χ3n) is 3.29. The van der Waals surface area contributed by atoms with E-state index < -0.39 is 5.97 Å². The molecule has 1 aliphatic rings. The van der Waals surface area contributed by atoms with Gasteiger partial charge in [-0.2, -0.15) is 0 Å². The van der Waals surface area contributed by atoms with Crippen LogP contribution >= 0.6 is 11.8 Å². The van der Waals surface area contributed by atoms with E-state index in [-0.39, 0.29) is 36.9 Å². The summed E-state index contributed by atoms with van der Waals surface area (Å²) < 4.78 is 4.74. The van der Waals surface area contributed by atoms with Gasteiger partial charge in [-0.05, 0) is 24.5 Å². The summed E-state index contributed by atoms with van der Waals surface area (Å²) in [4.78, 5) is 26.7. The van der Waals surface area contributed by atoms with E-state index in [1.165, 1.54) is 12.0 Å². The molecule has 0 aliphatic carbocycles. The zero-order valence-corrected chi connectivity index (χ0v) is 13.3. The molecule has 0 atom stereocenters. The Kier molecular flexibility index (Phi) is 5.46. The lowest BCUT2D eigenvalue weighted by molar-refractivity contribution is -0.136. The van der Waals surface area contributed by atoms with Crippen LogP contribution in [-0.4, -0.2) is 54.9 Å². The number of hydrogen-bond donors (Lipinski definition) is 2. The van der Waals surface area contributed by atoms with E-state index in [4.69, 9.17) is 9.84 Å². The zero-order chi connectivity index (χ0) is 16.1. The van der Waals surface area contributed by atoms with Crippen molar-refractivity contribution in [2.75, 3.05) is 38.4 Å². The van der Waals surface area contributed by atoms with Gasteiger partial charge in [0.2, 0.25) is 0 Å². The predicted octanol–water partition coefficient (Wildman–Crippen LogP) is 1.08. The van der Waals surface area contributed by atoms with Crippen molar-refractivity contribution >= 4 is 29.3 Å². The second kappa shape index (κ2) is 7.33. The van der Waals surface area contributed by atoms with Crippen LogP contribution < -0.4 is 5.32 Å². The molecule has 1 aromatic carbocycles. The van der Waals surface area contributed by atoms with Gasteiger partial charge < -0.3 is 20.1 Å². The molecule has 118 valence electrons. The van der Waals surface area contributed by atoms with Crippen LogP contribution in [0, 0.1) is 0 Å². The third kappa shape index (κ3) is 3.42. The number of nitrogens with zero attached hydrogens (tertiary/aromatic N) is 1. The van der Waals surface area contributed by atoms with Gasteiger partial charge in [0.1, 0.15) is 5.70 Å². The van der Waals surface area contributed by atoms with Crippen molar-refractivity contribution in [3.05, 3.63) is 35.5 Å². The van der Waals surface area contributed by atoms with E-state index >= 15 is 0 Å². The number of carbonyl (C=O) groups excluding carboxylic acids is 2. The van der Waals surface area contributed by atoms with Crippen LogP contribution in [0.4, 0.5) is 5.69 Å². The molecular formula is C15H18N2O4S. The zero-order valence-electron chi connectivity index (χ0n) is 12.5. The number of carbonyl (C=O) groups is 2. The quantitative estimate of drug-likeness (QED) is 0.603. The second-order valence-corrected chi connectivity index (χ2v) is 5.53. The highest BCUT2D eigenvalue weighted by molar-refractivity contribution is 7.98. The highest BCUT2D eigenvalue weighted by Crippen LogP contribution is 2.25. The summed E-state index contributed by atoms with van der Waals surface area (Å²) in [5.41, 5.74) is 1.21. The van der Waals surface area contributed by atoms with Crippen molar-refractivity contribution in [2.45, 2.75) is 4.90 Å². The maximum absolute atomic E-state index is 12.4. The average molecular weight is 322 g/mol. The Morgan fingerprint density at radius 1 is 1.50 bits per heavy atom. The number of methoxy groups -OCH3 is 1. The molecule has 0 saturated heterocycles. The molecule has 7 heteroatoms. The summed E-state index contributed by atoms with van der Waals surface area (Å²) in [6, 6.07) is 7.55. The highest BCUT2D eigenvalue weighted by Gasteiger charge is 2.34. The van der Waals surface area contributed by atoms with Crippen LogP contribution in [0.15, 0.2) is 40.4 Å². The number of ether oxygens (including phenoxy) is 1. The SMILES string of the molecule is COC(=O)C1=C(Nc2cccc(SC)c2)C(=O)N(CCO)C1. The summed E-state index contributed by atoms with van der Waals surface area (Å²) in [5, 5.41) is 12.0. The fraction of sp³-hybridized carbons (Fsp3) is 0.333. The van der Waals surface area contributed by atoms with Crippen LogP contribution in [0.5, 0.6) is 0 Å². The Hall–Kier alpha value is -1.99. The van der Waals surface area contributed by atoms with Gasteiger partial charge >= 0.3 is 5.97 Å². The first-order valence-corrected chi connectivity index (χ1v) is 7.95. The number of thioether (sulfide) groups is 1. The lowest BCUT2D eigenvalue weighted by Gasteiger charge is -2.15. The van der Waals surface area contributed by atoms with E-state index in [0.717, 1.165) is 10.6 Å². The summed E-state index contributed by atoms with van der Waals surface area (Å²) >= 11 is 1.59. The monoisotopic (exact) mass is 322 g/mol. The fourth-order valence-corrected chi connectivity index (χ4v) is 2.65. The normalized spacial score (nSPS) is 14.5.